The zero-order chi connectivity index (χ0) is 13.6. The van der Waals surface area contributed by atoms with Crippen LogP contribution in [0.2, 0.25) is 0 Å². The lowest BCUT2D eigenvalue weighted by molar-refractivity contribution is -0.147. The quantitative estimate of drug-likeness (QED) is 0.702. The number of rotatable bonds is 6. The number of ether oxygens (including phenoxy) is 1. The van der Waals surface area contributed by atoms with Crippen LogP contribution in [0.4, 0.5) is 0 Å². The molecule has 1 rings (SSSR count). The van der Waals surface area contributed by atoms with Gasteiger partial charge in [-0.3, -0.25) is 0 Å². The summed E-state index contributed by atoms with van der Waals surface area (Å²) in [5.41, 5.74) is 0. The summed E-state index contributed by atoms with van der Waals surface area (Å²) in [4.78, 5) is 10.7. The van der Waals surface area contributed by atoms with Gasteiger partial charge in [-0.1, -0.05) is 12.8 Å². The highest BCUT2D eigenvalue weighted by atomic mass is 32.2. The molecule has 0 aliphatic carbocycles. The van der Waals surface area contributed by atoms with Gasteiger partial charge in [0, 0.05) is 26.7 Å². The summed E-state index contributed by atoms with van der Waals surface area (Å²) >= 11 is 0. The Morgan fingerprint density at radius 2 is 1.89 bits per heavy atom. The molecule has 0 aromatic rings. The molecule has 1 heterocycles. The predicted octanol–water partition coefficient (Wildman–Crippen LogP) is -0.204. The summed E-state index contributed by atoms with van der Waals surface area (Å²) in [5, 5.41) is 8.75. The van der Waals surface area contributed by atoms with Gasteiger partial charge in [-0.2, -0.15) is 17.4 Å². The Hall–Kier alpha value is -0.700. The highest BCUT2D eigenvalue weighted by Crippen LogP contribution is 2.12. The number of carboxylic acid groups (broad SMARTS) is 1. The molecule has 0 amide bonds. The van der Waals surface area contributed by atoms with Crippen LogP contribution in [0.5, 0.6) is 0 Å². The van der Waals surface area contributed by atoms with E-state index in [0.29, 0.717) is 13.1 Å². The monoisotopic (exact) mass is 280 g/mol. The Kier molecular flexibility index (Phi) is 6.00. The van der Waals surface area contributed by atoms with Crippen LogP contribution in [0.15, 0.2) is 0 Å². The second-order valence-electron chi connectivity index (χ2n) is 4.23. The maximum absolute atomic E-state index is 11.9. The molecule has 2 N–H and O–H groups in total. The normalized spacial score (nSPS) is 20.3. The fourth-order valence-corrected chi connectivity index (χ4v) is 3.11. The Balaban J connectivity index is 2.55. The lowest BCUT2D eigenvalue weighted by Gasteiger charge is -2.21. The minimum atomic E-state index is -3.61. The molecule has 1 aliphatic rings. The van der Waals surface area contributed by atoms with Crippen LogP contribution < -0.4 is 4.72 Å². The molecule has 1 unspecified atom stereocenters. The third kappa shape index (κ3) is 4.52. The summed E-state index contributed by atoms with van der Waals surface area (Å²) in [6, 6.07) is 0. The van der Waals surface area contributed by atoms with Crippen molar-refractivity contribution in [3.63, 3.8) is 0 Å². The zero-order valence-corrected chi connectivity index (χ0v) is 11.3. The van der Waals surface area contributed by atoms with Crippen molar-refractivity contribution >= 4 is 16.2 Å². The molecule has 1 saturated heterocycles. The number of methoxy groups -OCH3 is 1. The average Bonchev–Trinajstić information content (AvgIpc) is 2.58. The molecule has 0 spiro atoms. The number of carbonyl (C=O) groups is 1. The van der Waals surface area contributed by atoms with Crippen LogP contribution in [0.1, 0.15) is 25.7 Å². The molecule has 7 nitrogen and oxygen atoms in total. The first kappa shape index (κ1) is 15.4. The first-order valence-electron chi connectivity index (χ1n) is 5.97. The van der Waals surface area contributed by atoms with Crippen molar-refractivity contribution < 1.29 is 23.1 Å². The molecule has 0 aromatic heterocycles. The van der Waals surface area contributed by atoms with Crippen LogP contribution in [0.25, 0.3) is 0 Å². The highest BCUT2D eigenvalue weighted by molar-refractivity contribution is 7.87. The van der Waals surface area contributed by atoms with E-state index in [-0.39, 0.29) is 6.54 Å². The molecule has 1 atom stereocenters. The lowest BCUT2D eigenvalue weighted by Crippen LogP contribution is -2.45. The van der Waals surface area contributed by atoms with E-state index in [1.165, 1.54) is 11.4 Å². The van der Waals surface area contributed by atoms with Gasteiger partial charge in [-0.05, 0) is 12.8 Å². The Labute approximate surface area is 107 Å². The number of hydrogen-bond acceptors (Lipinski definition) is 4. The summed E-state index contributed by atoms with van der Waals surface area (Å²) in [6.45, 7) is 0.713. The average molecular weight is 280 g/mol. The third-order valence-corrected chi connectivity index (χ3v) is 4.49. The van der Waals surface area contributed by atoms with Gasteiger partial charge in [0.25, 0.3) is 10.2 Å². The largest absolute Gasteiger partial charge is 0.479 e. The second-order valence-corrected chi connectivity index (χ2v) is 5.98. The topological polar surface area (TPSA) is 95.9 Å². The minimum Gasteiger partial charge on any atom is -0.479 e. The van der Waals surface area contributed by atoms with Crippen molar-refractivity contribution in [2.75, 3.05) is 26.7 Å². The lowest BCUT2D eigenvalue weighted by atomic mass is 10.2. The SMILES string of the molecule is COC(CNS(=O)(=O)N1CCCCCC1)C(=O)O. The minimum absolute atomic E-state index is 0.259. The van der Waals surface area contributed by atoms with E-state index in [1.807, 2.05) is 0 Å². The van der Waals surface area contributed by atoms with E-state index in [2.05, 4.69) is 9.46 Å². The molecule has 0 aromatic carbocycles. The Bertz CT molecular complexity index is 362. The van der Waals surface area contributed by atoms with Crippen LogP contribution in [0, 0.1) is 0 Å². The molecular formula is C10H20N2O5S. The number of aliphatic carboxylic acids is 1. The number of nitrogens with one attached hydrogen (secondary N) is 1. The molecule has 106 valence electrons. The van der Waals surface area contributed by atoms with Crippen molar-refractivity contribution in [2.24, 2.45) is 0 Å². The number of nitrogens with zero attached hydrogens (tertiary/aromatic N) is 1. The standard InChI is InChI=1S/C10H20N2O5S/c1-17-9(10(13)14)8-11-18(15,16)12-6-4-2-3-5-7-12/h9,11H,2-8H2,1H3,(H,13,14). The number of carboxylic acids is 1. The summed E-state index contributed by atoms with van der Waals surface area (Å²) in [5.74, 6) is -1.18. The maximum atomic E-state index is 11.9. The van der Waals surface area contributed by atoms with Crippen molar-refractivity contribution in [2.45, 2.75) is 31.8 Å². The number of hydrogen-bond donors (Lipinski definition) is 2. The third-order valence-electron chi connectivity index (χ3n) is 2.92. The van der Waals surface area contributed by atoms with Crippen LogP contribution in [-0.4, -0.2) is 56.6 Å². The molecule has 8 heteroatoms. The van der Waals surface area contributed by atoms with Crippen molar-refractivity contribution in [1.82, 2.24) is 9.03 Å². The summed E-state index contributed by atoms with van der Waals surface area (Å²) in [6.07, 6.45) is 2.58. The molecule has 1 fully saturated rings. The maximum Gasteiger partial charge on any atom is 0.334 e. The van der Waals surface area contributed by atoms with E-state index in [9.17, 15) is 13.2 Å². The summed E-state index contributed by atoms with van der Waals surface area (Å²) in [7, 11) is -2.37. The van der Waals surface area contributed by atoms with Gasteiger partial charge in [-0.15, -0.1) is 0 Å². The summed E-state index contributed by atoms with van der Waals surface area (Å²) < 4.78 is 32.2. The van der Waals surface area contributed by atoms with Gasteiger partial charge in [0.2, 0.25) is 0 Å². The Morgan fingerprint density at radius 3 is 2.33 bits per heavy atom. The predicted molar refractivity (Wildman–Crippen MR) is 65.4 cm³/mol. The molecule has 1 aliphatic heterocycles. The zero-order valence-electron chi connectivity index (χ0n) is 10.5. The van der Waals surface area contributed by atoms with Crippen LogP contribution >= 0.6 is 0 Å². The van der Waals surface area contributed by atoms with Gasteiger partial charge in [0.15, 0.2) is 6.10 Å². The fraction of sp³-hybridized carbons (Fsp3) is 0.900. The van der Waals surface area contributed by atoms with Gasteiger partial charge < -0.3 is 9.84 Å². The first-order chi connectivity index (χ1) is 8.47. The molecular weight excluding hydrogens is 260 g/mol. The van der Waals surface area contributed by atoms with E-state index < -0.39 is 22.3 Å². The molecule has 0 saturated carbocycles. The fourth-order valence-electron chi connectivity index (χ4n) is 1.83. The van der Waals surface area contributed by atoms with Gasteiger partial charge in [0.1, 0.15) is 0 Å². The highest BCUT2D eigenvalue weighted by Gasteiger charge is 2.25. The Morgan fingerprint density at radius 1 is 1.33 bits per heavy atom. The van der Waals surface area contributed by atoms with Crippen molar-refractivity contribution in [3.8, 4) is 0 Å². The smallest absolute Gasteiger partial charge is 0.334 e. The second kappa shape index (κ2) is 7.03. The van der Waals surface area contributed by atoms with Crippen molar-refractivity contribution in [1.29, 1.82) is 0 Å². The van der Waals surface area contributed by atoms with Gasteiger partial charge >= 0.3 is 5.97 Å². The van der Waals surface area contributed by atoms with Crippen LogP contribution in [0.3, 0.4) is 0 Å². The van der Waals surface area contributed by atoms with E-state index in [4.69, 9.17) is 5.11 Å². The molecule has 0 radical (unpaired) electrons. The van der Waals surface area contributed by atoms with E-state index in [0.717, 1.165) is 25.7 Å². The van der Waals surface area contributed by atoms with E-state index >= 15 is 0 Å². The van der Waals surface area contributed by atoms with Gasteiger partial charge in [0.05, 0.1) is 0 Å². The van der Waals surface area contributed by atoms with E-state index in [1.54, 1.807) is 0 Å². The van der Waals surface area contributed by atoms with Gasteiger partial charge in [-0.25, -0.2) is 4.79 Å². The van der Waals surface area contributed by atoms with Crippen molar-refractivity contribution in [3.05, 3.63) is 0 Å². The molecule has 0 bridgehead atoms. The van der Waals surface area contributed by atoms with Crippen LogP contribution in [-0.2, 0) is 19.7 Å². The first-order valence-corrected chi connectivity index (χ1v) is 7.41. The molecule has 18 heavy (non-hydrogen) atoms.